The molecule has 0 radical (unpaired) electrons. The van der Waals surface area contributed by atoms with Gasteiger partial charge in [0, 0.05) is 5.56 Å². The van der Waals surface area contributed by atoms with Crippen LogP contribution < -0.4 is 5.32 Å². The van der Waals surface area contributed by atoms with Crippen molar-refractivity contribution in [2.75, 3.05) is 5.32 Å². The first kappa shape index (κ1) is 13.5. The summed E-state index contributed by atoms with van der Waals surface area (Å²) in [5.74, 6) is -1.45. The third-order valence-electron chi connectivity index (χ3n) is 3.01. The molecule has 19 heavy (non-hydrogen) atoms. The summed E-state index contributed by atoms with van der Waals surface area (Å²) in [6.07, 6.45) is 0. The highest BCUT2D eigenvalue weighted by molar-refractivity contribution is 5.53. The standard InChI is InChI=1S/C15H14F3N/c1-9-4-3-5-14(18)15(9)19-10(2)12-8-11(16)6-7-13(12)17/h3-8,10,19H,1-2H3. The largest absolute Gasteiger partial charge is 0.376 e. The van der Waals surface area contributed by atoms with Crippen LogP contribution in [-0.4, -0.2) is 0 Å². The van der Waals surface area contributed by atoms with Crippen molar-refractivity contribution in [3.63, 3.8) is 0 Å². The van der Waals surface area contributed by atoms with Crippen LogP contribution in [0.2, 0.25) is 0 Å². The van der Waals surface area contributed by atoms with Crippen molar-refractivity contribution in [3.8, 4) is 0 Å². The first-order valence-electron chi connectivity index (χ1n) is 5.95. The van der Waals surface area contributed by atoms with Gasteiger partial charge in [-0.1, -0.05) is 12.1 Å². The van der Waals surface area contributed by atoms with Crippen molar-refractivity contribution in [1.29, 1.82) is 0 Å². The Morgan fingerprint density at radius 1 is 1.00 bits per heavy atom. The minimum absolute atomic E-state index is 0.169. The molecule has 1 unspecified atom stereocenters. The SMILES string of the molecule is Cc1cccc(F)c1NC(C)c1cc(F)ccc1F. The summed E-state index contributed by atoms with van der Waals surface area (Å²) in [7, 11) is 0. The van der Waals surface area contributed by atoms with Gasteiger partial charge >= 0.3 is 0 Å². The van der Waals surface area contributed by atoms with Crippen LogP contribution in [0.25, 0.3) is 0 Å². The summed E-state index contributed by atoms with van der Waals surface area (Å²) in [5, 5.41) is 2.88. The Morgan fingerprint density at radius 2 is 1.74 bits per heavy atom. The van der Waals surface area contributed by atoms with Gasteiger partial charge < -0.3 is 5.32 Å². The van der Waals surface area contributed by atoms with Gasteiger partial charge in [-0.15, -0.1) is 0 Å². The Morgan fingerprint density at radius 3 is 2.42 bits per heavy atom. The number of benzene rings is 2. The summed E-state index contributed by atoms with van der Waals surface area (Å²) in [4.78, 5) is 0. The topological polar surface area (TPSA) is 12.0 Å². The maximum atomic E-state index is 13.7. The molecular formula is C15H14F3N. The quantitative estimate of drug-likeness (QED) is 0.856. The van der Waals surface area contributed by atoms with Crippen molar-refractivity contribution in [1.82, 2.24) is 0 Å². The molecule has 0 aliphatic heterocycles. The monoisotopic (exact) mass is 265 g/mol. The summed E-state index contributed by atoms with van der Waals surface area (Å²) in [6.45, 7) is 3.41. The maximum absolute atomic E-state index is 13.7. The van der Waals surface area contributed by atoms with Crippen LogP contribution in [0, 0.1) is 24.4 Å². The molecule has 0 fully saturated rings. The van der Waals surface area contributed by atoms with Crippen LogP contribution >= 0.6 is 0 Å². The molecule has 0 saturated carbocycles. The van der Waals surface area contributed by atoms with Crippen LogP contribution in [0.15, 0.2) is 36.4 Å². The van der Waals surface area contributed by atoms with E-state index in [9.17, 15) is 13.2 Å². The van der Waals surface area contributed by atoms with Gasteiger partial charge in [0.25, 0.3) is 0 Å². The first-order valence-corrected chi connectivity index (χ1v) is 5.95. The number of hydrogen-bond acceptors (Lipinski definition) is 1. The lowest BCUT2D eigenvalue weighted by atomic mass is 10.1. The molecule has 0 aliphatic rings. The molecule has 0 amide bonds. The fourth-order valence-electron chi connectivity index (χ4n) is 1.96. The Labute approximate surface area is 110 Å². The van der Waals surface area contributed by atoms with Crippen molar-refractivity contribution < 1.29 is 13.2 Å². The van der Waals surface area contributed by atoms with Crippen molar-refractivity contribution in [2.45, 2.75) is 19.9 Å². The van der Waals surface area contributed by atoms with Crippen molar-refractivity contribution in [2.24, 2.45) is 0 Å². The minimum Gasteiger partial charge on any atom is -0.376 e. The minimum atomic E-state index is -0.536. The van der Waals surface area contributed by atoms with Gasteiger partial charge in [-0.2, -0.15) is 0 Å². The lowest BCUT2D eigenvalue weighted by molar-refractivity contribution is 0.575. The number of para-hydroxylation sites is 1. The third-order valence-corrected chi connectivity index (χ3v) is 3.01. The third kappa shape index (κ3) is 2.89. The van der Waals surface area contributed by atoms with Gasteiger partial charge in [-0.3, -0.25) is 0 Å². The van der Waals surface area contributed by atoms with Gasteiger partial charge in [0.15, 0.2) is 0 Å². The molecule has 0 saturated heterocycles. The number of halogens is 3. The second kappa shape index (κ2) is 5.34. The Balaban J connectivity index is 2.31. The van der Waals surface area contributed by atoms with Crippen molar-refractivity contribution in [3.05, 3.63) is 65.0 Å². The predicted octanol–water partition coefficient (Wildman–Crippen LogP) is 4.59. The molecule has 4 heteroatoms. The molecule has 1 nitrogen and oxygen atoms in total. The van der Waals surface area contributed by atoms with Gasteiger partial charge in [-0.05, 0) is 43.7 Å². The number of hydrogen-bond donors (Lipinski definition) is 1. The predicted molar refractivity (Wildman–Crippen MR) is 69.5 cm³/mol. The highest BCUT2D eigenvalue weighted by Gasteiger charge is 2.14. The number of aryl methyl sites for hydroxylation is 1. The summed E-state index contributed by atoms with van der Waals surface area (Å²) in [6, 6.07) is 7.37. The van der Waals surface area contributed by atoms with E-state index in [0.717, 1.165) is 18.2 Å². The normalized spacial score (nSPS) is 12.3. The second-order valence-corrected chi connectivity index (χ2v) is 4.46. The Hall–Kier alpha value is -1.97. The van der Waals surface area contributed by atoms with Crippen LogP contribution in [-0.2, 0) is 0 Å². The average Bonchev–Trinajstić information content (AvgIpc) is 2.37. The molecule has 0 heterocycles. The molecule has 2 rings (SSSR count). The Bertz CT molecular complexity index is 576. The fraction of sp³-hybridized carbons (Fsp3) is 0.200. The zero-order valence-electron chi connectivity index (χ0n) is 10.7. The molecule has 0 aromatic heterocycles. The van der Waals surface area contributed by atoms with Crippen LogP contribution in [0.1, 0.15) is 24.1 Å². The smallest absolute Gasteiger partial charge is 0.146 e. The summed E-state index contributed by atoms with van der Waals surface area (Å²) < 4.78 is 40.4. The van der Waals surface area contributed by atoms with E-state index in [-0.39, 0.29) is 5.56 Å². The number of rotatable bonds is 3. The van der Waals surface area contributed by atoms with E-state index in [4.69, 9.17) is 0 Å². The first-order chi connectivity index (χ1) is 8.99. The van der Waals surface area contributed by atoms with Gasteiger partial charge in [0.1, 0.15) is 17.5 Å². The second-order valence-electron chi connectivity index (χ2n) is 4.46. The van der Waals surface area contributed by atoms with Gasteiger partial charge in [0.05, 0.1) is 11.7 Å². The summed E-state index contributed by atoms with van der Waals surface area (Å²) in [5.41, 5.74) is 1.19. The van der Waals surface area contributed by atoms with Crippen LogP contribution in [0.3, 0.4) is 0 Å². The molecule has 0 spiro atoms. The number of anilines is 1. The van der Waals surface area contributed by atoms with E-state index < -0.39 is 23.5 Å². The van der Waals surface area contributed by atoms with E-state index in [0.29, 0.717) is 11.3 Å². The van der Waals surface area contributed by atoms with Crippen LogP contribution in [0.5, 0.6) is 0 Å². The average molecular weight is 265 g/mol. The lowest BCUT2D eigenvalue weighted by Crippen LogP contribution is -2.11. The van der Waals surface area contributed by atoms with E-state index >= 15 is 0 Å². The highest BCUT2D eigenvalue weighted by atomic mass is 19.1. The van der Waals surface area contributed by atoms with E-state index in [1.807, 2.05) is 0 Å². The molecule has 1 N–H and O–H groups in total. The molecular weight excluding hydrogens is 251 g/mol. The molecule has 2 aromatic rings. The van der Waals surface area contributed by atoms with Crippen LogP contribution in [0.4, 0.5) is 18.9 Å². The molecule has 0 bridgehead atoms. The Kier molecular flexibility index (Phi) is 3.79. The molecule has 1 atom stereocenters. The fourth-order valence-corrected chi connectivity index (χ4v) is 1.96. The molecule has 2 aromatic carbocycles. The van der Waals surface area contributed by atoms with Crippen molar-refractivity contribution >= 4 is 5.69 Å². The molecule has 0 aliphatic carbocycles. The van der Waals surface area contributed by atoms with E-state index in [2.05, 4.69) is 5.32 Å². The number of nitrogens with one attached hydrogen (secondary N) is 1. The van der Waals surface area contributed by atoms with Gasteiger partial charge in [0.2, 0.25) is 0 Å². The molecule has 100 valence electrons. The maximum Gasteiger partial charge on any atom is 0.146 e. The van der Waals surface area contributed by atoms with E-state index in [1.165, 1.54) is 6.07 Å². The van der Waals surface area contributed by atoms with E-state index in [1.54, 1.807) is 26.0 Å². The lowest BCUT2D eigenvalue weighted by Gasteiger charge is -2.18. The zero-order chi connectivity index (χ0) is 14.0. The van der Waals surface area contributed by atoms with Gasteiger partial charge in [-0.25, -0.2) is 13.2 Å². The zero-order valence-corrected chi connectivity index (χ0v) is 10.7. The highest BCUT2D eigenvalue weighted by Crippen LogP contribution is 2.26. The summed E-state index contributed by atoms with van der Waals surface area (Å²) >= 11 is 0.